The van der Waals surface area contributed by atoms with Crippen molar-refractivity contribution in [1.29, 1.82) is 0 Å². The fraction of sp³-hybridized carbons (Fsp3) is 0.500. The van der Waals surface area contributed by atoms with Crippen molar-refractivity contribution in [3.05, 3.63) is 47.6 Å². The normalized spacial score (nSPS) is 24.0. The van der Waals surface area contributed by atoms with Gasteiger partial charge in [-0.1, -0.05) is 0 Å². The van der Waals surface area contributed by atoms with Crippen LogP contribution in [-0.4, -0.2) is 60.2 Å². The maximum Gasteiger partial charge on any atom is 0.257 e. The van der Waals surface area contributed by atoms with Crippen molar-refractivity contribution < 1.29 is 9.59 Å². The molecule has 0 bridgehead atoms. The van der Waals surface area contributed by atoms with Crippen molar-refractivity contribution in [3.8, 4) is 0 Å². The second-order valence-corrected chi connectivity index (χ2v) is 7.90. The minimum Gasteiger partial charge on any atom is -0.333 e. The molecule has 5 rings (SSSR count). The van der Waals surface area contributed by atoms with Gasteiger partial charge in [0, 0.05) is 37.5 Å². The number of rotatable bonds is 4. The number of aryl methyl sites for hydroxylation is 1. The maximum absolute atomic E-state index is 13.0. The lowest BCUT2D eigenvalue weighted by Crippen LogP contribution is -2.39. The van der Waals surface area contributed by atoms with Gasteiger partial charge in [0.15, 0.2) is 0 Å². The summed E-state index contributed by atoms with van der Waals surface area (Å²) in [7, 11) is 0. The highest BCUT2D eigenvalue weighted by Gasteiger charge is 2.48. The summed E-state index contributed by atoms with van der Waals surface area (Å²) in [4.78, 5) is 46.6. The number of likely N-dealkylation sites (tertiary alicyclic amines) is 2. The molecule has 2 saturated heterocycles. The number of carbonyl (C=O) groups excluding carboxylic acids is 2. The minimum absolute atomic E-state index is 0.0335. The molecular formula is C20H22N6O2. The van der Waals surface area contributed by atoms with Gasteiger partial charge in [-0.25, -0.2) is 9.97 Å². The van der Waals surface area contributed by atoms with Gasteiger partial charge in [0.05, 0.1) is 41.8 Å². The van der Waals surface area contributed by atoms with Gasteiger partial charge in [-0.15, -0.1) is 0 Å². The molecule has 144 valence electrons. The van der Waals surface area contributed by atoms with Crippen LogP contribution in [0.5, 0.6) is 0 Å². The maximum atomic E-state index is 13.0. The molecular weight excluding hydrogens is 356 g/mol. The topological polar surface area (TPSA) is 92.2 Å². The van der Waals surface area contributed by atoms with Crippen molar-refractivity contribution in [2.45, 2.75) is 57.2 Å². The number of carbonyl (C=O) groups is 2. The van der Waals surface area contributed by atoms with Gasteiger partial charge in [-0.2, -0.15) is 0 Å². The van der Waals surface area contributed by atoms with Gasteiger partial charge in [-0.05, 0) is 26.2 Å². The lowest BCUT2D eigenvalue weighted by atomic mass is 10.1. The predicted octanol–water partition coefficient (Wildman–Crippen LogP) is 1.47. The fourth-order valence-electron chi connectivity index (χ4n) is 4.23. The van der Waals surface area contributed by atoms with Crippen LogP contribution in [0.1, 0.15) is 59.2 Å². The highest BCUT2D eigenvalue weighted by Crippen LogP contribution is 2.38. The Balaban J connectivity index is 1.30. The molecule has 2 amide bonds. The zero-order chi connectivity index (χ0) is 19.3. The highest BCUT2D eigenvalue weighted by atomic mass is 16.2. The lowest BCUT2D eigenvalue weighted by Gasteiger charge is -2.25. The molecule has 2 aromatic rings. The summed E-state index contributed by atoms with van der Waals surface area (Å²) in [6.45, 7) is 2.96. The summed E-state index contributed by atoms with van der Waals surface area (Å²) in [6, 6.07) is -0.0623. The monoisotopic (exact) mass is 378 g/mol. The second-order valence-electron chi connectivity index (χ2n) is 7.90. The average Bonchev–Trinajstić information content (AvgIpc) is 3.41. The van der Waals surface area contributed by atoms with E-state index in [2.05, 4.69) is 19.9 Å². The van der Waals surface area contributed by atoms with E-state index in [1.807, 2.05) is 16.7 Å². The fourth-order valence-corrected chi connectivity index (χ4v) is 4.23. The van der Waals surface area contributed by atoms with Crippen molar-refractivity contribution in [2.24, 2.45) is 0 Å². The summed E-state index contributed by atoms with van der Waals surface area (Å²) in [5.41, 5.74) is 2.12. The SMILES string of the molecule is Cc1cnc(CN2C(=O)C[C@H]3[C@@H]2CCN3C(=O)c2cnc(C3CC3)nc2)cn1. The molecule has 0 unspecified atom stereocenters. The summed E-state index contributed by atoms with van der Waals surface area (Å²) >= 11 is 0. The minimum atomic E-state index is -0.0958. The molecule has 1 saturated carbocycles. The molecule has 0 aromatic carbocycles. The average molecular weight is 378 g/mol. The number of amides is 2. The van der Waals surface area contributed by atoms with Crippen LogP contribution in [0.2, 0.25) is 0 Å². The van der Waals surface area contributed by atoms with E-state index < -0.39 is 0 Å². The first-order valence-corrected chi connectivity index (χ1v) is 9.80. The lowest BCUT2D eigenvalue weighted by molar-refractivity contribution is -0.129. The Bertz CT molecular complexity index is 909. The van der Waals surface area contributed by atoms with Crippen LogP contribution in [0.3, 0.4) is 0 Å². The number of nitrogens with zero attached hydrogens (tertiary/aromatic N) is 6. The molecule has 8 heteroatoms. The molecule has 8 nitrogen and oxygen atoms in total. The van der Waals surface area contributed by atoms with E-state index in [4.69, 9.17) is 0 Å². The van der Waals surface area contributed by atoms with Crippen molar-refractivity contribution in [3.63, 3.8) is 0 Å². The first-order chi connectivity index (χ1) is 13.6. The van der Waals surface area contributed by atoms with Crippen LogP contribution in [0, 0.1) is 6.92 Å². The Labute approximate surface area is 163 Å². The molecule has 0 spiro atoms. The standard InChI is InChI=1S/C20H22N6O2/c1-12-7-22-15(10-21-12)11-26-16-4-5-25(17(16)6-18(26)27)20(28)14-8-23-19(24-9-14)13-2-3-13/h7-10,13,16-17H,2-6,11H2,1H3/t16-,17-/m0/s1. The third kappa shape index (κ3) is 3.02. The van der Waals surface area contributed by atoms with Crippen LogP contribution in [0.25, 0.3) is 0 Å². The van der Waals surface area contributed by atoms with Gasteiger partial charge in [0.1, 0.15) is 5.82 Å². The zero-order valence-electron chi connectivity index (χ0n) is 15.8. The third-order valence-corrected chi connectivity index (χ3v) is 5.90. The van der Waals surface area contributed by atoms with Gasteiger partial charge in [0.25, 0.3) is 5.91 Å². The summed E-state index contributed by atoms with van der Waals surface area (Å²) in [6.07, 6.45) is 10.1. The van der Waals surface area contributed by atoms with Gasteiger partial charge < -0.3 is 9.80 Å². The van der Waals surface area contributed by atoms with Crippen molar-refractivity contribution >= 4 is 11.8 Å². The number of fused-ring (bicyclic) bond motifs is 1. The van der Waals surface area contributed by atoms with Crippen LogP contribution < -0.4 is 0 Å². The molecule has 3 aliphatic rings. The third-order valence-electron chi connectivity index (χ3n) is 5.90. The van der Waals surface area contributed by atoms with Gasteiger partial charge in [-0.3, -0.25) is 19.6 Å². The predicted molar refractivity (Wildman–Crippen MR) is 99.2 cm³/mol. The van der Waals surface area contributed by atoms with Crippen LogP contribution in [0.4, 0.5) is 0 Å². The van der Waals surface area contributed by atoms with Gasteiger partial charge in [0.2, 0.25) is 5.91 Å². The van der Waals surface area contributed by atoms with Crippen LogP contribution >= 0.6 is 0 Å². The highest BCUT2D eigenvalue weighted by molar-refractivity contribution is 5.95. The van der Waals surface area contributed by atoms with E-state index in [9.17, 15) is 9.59 Å². The Morgan fingerprint density at radius 3 is 2.50 bits per heavy atom. The molecule has 2 aliphatic heterocycles. The second kappa shape index (κ2) is 6.61. The van der Waals surface area contributed by atoms with Gasteiger partial charge >= 0.3 is 0 Å². The number of hydrogen-bond acceptors (Lipinski definition) is 6. The van der Waals surface area contributed by atoms with Crippen LogP contribution in [0.15, 0.2) is 24.8 Å². The molecule has 0 N–H and O–H groups in total. The number of hydrogen-bond donors (Lipinski definition) is 0. The molecule has 3 fully saturated rings. The Kier molecular flexibility index (Phi) is 4.07. The molecule has 2 atom stereocenters. The summed E-state index contributed by atoms with van der Waals surface area (Å²) in [5.74, 6) is 1.28. The zero-order valence-corrected chi connectivity index (χ0v) is 15.8. The Hall–Kier alpha value is -2.90. The van der Waals surface area contributed by atoms with E-state index >= 15 is 0 Å². The Morgan fingerprint density at radius 2 is 1.82 bits per heavy atom. The van der Waals surface area contributed by atoms with E-state index in [1.165, 1.54) is 0 Å². The molecule has 2 aromatic heterocycles. The first kappa shape index (κ1) is 17.2. The van der Waals surface area contributed by atoms with Crippen molar-refractivity contribution in [2.75, 3.05) is 6.54 Å². The molecule has 0 radical (unpaired) electrons. The van der Waals surface area contributed by atoms with E-state index in [0.717, 1.165) is 36.5 Å². The summed E-state index contributed by atoms with van der Waals surface area (Å²) < 4.78 is 0. The largest absolute Gasteiger partial charge is 0.333 e. The van der Waals surface area contributed by atoms with Crippen molar-refractivity contribution in [1.82, 2.24) is 29.7 Å². The van der Waals surface area contributed by atoms with E-state index in [0.29, 0.717) is 31.0 Å². The molecule has 28 heavy (non-hydrogen) atoms. The molecule has 4 heterocycles. The number of aromatic nitrogens is 4. The summed E-state index contributed by atoms with van der Waals surface area (Å²) in [5, 5.41) is 0. The van der Waals surface area contributed by atoms with Crippen LogP contribution in [-0.2, 0) is 11.3 Å². The smallest absolute Gasteiger partial charge is 0.257 e. The Morgan fingerprint density at radius 1 is 1.04 bits per heavy atom. The van der Waals surface area contributed by atoms with E-state index in [1.54, 1.807) is 24.8 Å². The quantitative estimate of drug-likeness (QED) is 0.800. The van der Waals surface area contributed by atoms with E-state index in [-0.39, 0.29) is 23.9 Å². The molecule has 1 aliphatic carbocycles. The first-order valence-electron chi connectivity index (χ1n) is 9.80.